The molecule has 152 valence electrons. The highest BCUT2D eigenvalue weighted by Crippen LogP contribution is 2.34. The van der Waals surface area contributed by atoms with Gasteiger partial charge in [0, 0.05) is 32.6 Å². The molecule has 1 atom stereocenters. The third-order valence-electron chi connectivity index (χ3n) is 5.85. The van der Waals surface area contributed by atoms with E-state index in [0.29, 0.717) is 13.0 Å². The summed E-state index contributed by atoms with van der Waals surface area (Å²) in [7, 11) is 2.10. The maximum absolute atomic E-state index is 13.3. The van der Waals surface area contributed by atoms with E-state index in [4.69, 9.17) is 5.10 Å². The van der Waals surface area contributed by atoms with E-state index in [0.717, 1.165) is 48.6 Å². The summed E-state index contributed by atoms with van der Waals surface area (Å²) in [4.78, 5) is 17.7. The Labute approximate surface area is 171 Å². The zero-order chi connectivity index (χ0) is 20.4. The monoisotopic (exact) mass is 394 g/mol. The maximum atomic E-state index is 13.3. The van der Waals surface area contributed by atoms with Crippen molar-refractivity contribution in [2.75, 3.05) is 39.8 Å². The standard InChI is InChI=1S/C23H27FN4O/c1-17-5-3-4-6-20(17)22-15-21(18-7-9-19(24)10-8-18)25-28(22)23(29)16-27-13-11-26(2)12-14-27/h3-10,22H,11-16H2,1-2H3. The lowest BCUT2D eigenvalue weighted by atomic mass is 9.95. The number of halogens is 1. The molecule has 0 radical (unpaired) electrons. The van der Waals surface area contributed by atoms with Crippen LogP contribution in [0.4, 0.5) is 4.39 Å². The van der Waals surface area contributed by atoms with Gasteiger partial charge in [-0.15, -0.1) is 0 Å². The number of hydrazone groups is 1. The van der Waals surface area contributed by atoms with Crippen molar-refractivity contribution < 1.29 is 9.18 Å². The molecule has 29 heavy (non-hydrogen) atoms. The van der Waals surface area contributed by atoms with Crippen LogP contribution in [0, 0.1) is 12.7 Å². The number of amides is 1. The Kier molecular flexibility index (Phi) is 5.74. The molecule has 2 aliphatic heterocycles. The molecule has 0 saturated carbocycles. The lowest BCUT2D eigenvalue weighted by Crippen LogP contribution is -2.48. The molecule has 2 aliphatic rings. The van der Waals surface area contributed by atoms with Crippen molar-refractivity contribution in [3.8, 4) is 0 Å². The Hall–Kier alpha value is -2.57. The Morgan fingerprint density at radius 3 is 2.45 bits per heavy atom. The molecule has 4 rings (SSSR count). The van der Waals surface area contributed by atoms with Gasteiger partial charge in [-0.1, -0.05) is 36.4 Å². The Morgan fingerprint density at radius 2 is 1.76 bits per heavy atom. The highest BCUT2D eigenvalue weighted by Gasteiger charge is 2.34. The molecule has 0 N–H and O–H groups in total. The number of benzene rings is 2. The van der Waals surface area contributed by atoms with Crippen LogP contribution in [0.5, 0.6) is 0 Å². The van der Waals surface area contributed by atoms with Crippen LogP contribution < -0.4 is 0 Å². The summed E-state index contributed by atoms with van der Waals surface area (Å²) in [5, 5.41) is 6.36. The van der Waals surface area contributed by atoms with E-state index < -0.39 is 0 Å². The van der Waals surface area contributed by atoms with E-state index >= 15 is 0 Å². The highest BCUT2D eigenvalue weighted by atomic mass is 19.1. The van der Waals surface area contributed by atoms with Crippen molar-refractivity contribution in [3.05, 3.63) is 71.0 Å². The number of carbonyl (C=O) groups is 1. The topological polar surface area (TPSA) is 39.2 Å². The molecule has 2 aromatic carbocycles. The van der Waals surface area contributed by atoms with Crippen LogP contribution in [-0.4, -0.2) is 66.2 Å². The molecule has 2 aromatic rings. The molecule has 0 aliphatic carbocycles. The molecule has 0 spiro atoms. The van der Waals surface area contributed by atoms with Gasteiger partial charge in [0.1, 0.15) is 5.82 Å². The van der Waals surface area contributed by atoms with Crippen LogP contribution in [-0.2, 0) is 4.79 Å². The van der Waals surface area contributed by atoms with E-state index in [-0.39, 0.29) is 17.8 Å². The lowest BCUT2D eigenvalue weighted by molar-refractivity contribution is -0.134. The van der Waals surface area contributed by atoms with E-state index in [1.54, 1.807) is 17.1 Å². The smallest absolute Gasteiger partial charge is 0.257 e. The van der Waals surface area contributed by atoms with Crippen LogP contribution in [0.3, 0.4) is 0 Å². The second kappa shape index (κ2) is 8.43. The maximum Gasteiger partial charge on any atom is 0.257 e. The number of carbonyl (C=O) groups excluding carboxylic acids is 1. The van der Waals surface area contributed by atoms with Gasteiger partial charge in [-0.05, 0) is 42.8 Å². The van der Waals surface area contributed by atoms with Gasteiger partial charge in [0.2, 0.25) is 0 Å². The van der Waals surface area contributed by atoms with Crippen LogP contribution >= 0.6 is 0 Å². The predicted molar refractivity (Wildman–Crippen MR) is 112 cm³/mol. The fourth-order valence-electron chi connectivity index (χ4n) is 4.03. The van der Waals surface area contributed by atoms with Gasteiger partial charge >= 0.3 is 0 Å². The third kappa shape index (κ3) is 4.38. The number of hydrogen-bond acceptors (Lipinski definition) is 4. The Balaban J connectivity index is 1.59. The molecule has 2 heterocycles. The van der Waals surface area contributed by atoms with Crippen LogP contribution in [0.25, 0.3) is 0 Å². The highest BCUT2D eigenvalue weighted by molar-refractivity contribution is 6.03. The summed E-state index contributed by atoms with van der Waals surface area (Å²) in [5.74, 6) is -0.259. The fraction of sp³-hybridized carbons (Fsp3) is 0.391. The minimum Gasteiger partial charge on any atom is -0.304 e. The average molecular weight is 394 g/mol. The quantitative estimate of drug-likeness (QED) is 0.800. The van der Waals surface area contributed by atoms with Gasteiger partial charge in [-0.2, -0.15) is 5.10 Å². The molecule has 6 heteroatoms. The largest absolute Gasteiger partial charge is 0.304 e. The molecule has 1 unspecified atom stereocenters. The first-order valence-electron chi connectivity index (χ1n) is 10.1. The number of nitrogens with zero attached hydrogens (tertiary/aromatic N) is 4. The summed E-state index contributed by atoms with van der Waals surface area (Å²) in [6, 6.07) is 14.4. The van der Waals surface area contributed by atoms with Gasteiger partial charge in [0.15, 0.2) is 0 Å². The molecule has 0 aromatic heterocycles. The predicted octanol–water partition coefficient (Wildman–Crippen LogP) is 3.06. The first-order chi connectivity index (χ1) is 14.0. The Bertz CT molecular complexity index is 903. The van der Waals surface area contributed by atoms with Crippen molar-refractivity contribution in [2.24, 2.45) is 5.10 Å². The summed E-state index contributed by atoms with van der Waals surface area (Å²) < 4.78 is 13.3. The molecule has 1 fully saturated rings. The normalized spacial score (nSPS) is 20.7. The van der Waals surface area contributed by atoms with Crippen LogP contribution in [0.1, 0.15) is 29.2 Å². The van der Waals surface area contributed by atoms with Crippen molar-refractivity contribution in [1.29, 1.82) is 0 Å². The third-order valence-corrected chi connectivity index (χ3v) is 5.85. The zero-order valence-electron chi connectivity index (χ0n) is 17.0. The second-order valence-corrected chi connectivity index (χ2v) is 7.95. The Morgan fingerprint density at radius 1 is 1.07 bits per heavy atom. The van der Waals surface area contributed by atoms with E-state index in [2.05, 4.69) is 35.9 Å². The molecule has 1 amide bonds. The van der Waals surface area contributed by atoms with Crippen molar-refractivity contribution >= 4 is 11.6 Å². The molecular formula is C23H27FN4O. The van der Waals surface area contributed by atoms with Gasteiger partial charge in [-0.25, -0.2) is 9.40 Å². The van der Waals surface area contributed by atoms with Crippen molar-refractivity contribution in [2.45, 2.75) is 19.4 Å². The lowest BCUT2D eigenvalue weighted by Gasteiger charge is -2.33. The zero-order valence-corrected chi connectivity index (χ0v) is 17.0. The average Bonchev–Trinajstić information content (AvgIpc) is 3.16. The number of piperazine rings is 1. The van der Waals surface area contributed by atoms with Gasteiger partial charge < -0.3 is 4.90 Å². The van der Waals surface area contributed by atoms with E-state index in [1.165, 1.54) is 12.1 Å². The number of likely N-dealkylation sites (N-methyl/N-ethyl adjacent to an activating group) is 1. The minimum atomic E-state index is -0.272. The van der Waals surface area contributed by atoms with Gasteiger partial charge in [-0.3, -0.25) is 9.69 Å². The summed E-state index contributed by atoms with van der Waals surface area (Å²) in [6.45, 7) is 6.15. The minimum absolute atomic E-state index is 0.0138. The summed E-state index contributed by atoms with van der Waals surface area (Å²) in [5.41, 5.74) is 3.94. The molecule has 5 nitrogen and oxygen atoms in total. The molecule has 0 bridgehead atoms. The van der Waals surface area contributed by atoms with Crippen molar-refractivity contribution in [3.63, 3.8) is 0 Å². The number of rotatable bonds is 4. The number of aryl methyl sites for hydroxylation is 1. The SMILES string of the molecule is Cc1ccccc1C1CC(c2ccc(F)cc2)=NN1C(=O)CN1CCN(C)CC1. The first kappa shape index (κ1) is 19.7. The van der Waals surface area contributed by atoms with Crippen LogP contribution in [0.15, 0.2) is 53.6 Å². The molecule has 1 saturated heterocycles. The number of hydrogen-bond donors (Lipinski definition) is 0. The molecular weight excluding hydrogens is 367 g/mol. The van der Waals surface area contributed by atoms with Crippen molar-refractivity contribution in [1.82, 2.24) is 14.8 Å². The summed E-state index contributed by atoms with van der Waals surface area (Å²) >= 11 is 0. The van der Waals surface area contributed by atoms with Gasteiger partial charge in [0.25, 0.3) is 5.91 Å². The van der Waals surface area contributed by atoms with Crippen LogP contribution in [0.2, 0.25) is 0 Å². The van der Waals surface area contributed by atoms with Gasteiger partial charge in [0.05, 0.1) is 18.3 Å². The fourth-order valence-corrected chi connectivity index (χ4v) is 4.03. The van der Waals surface area contributed by atoms with E-state index in [9.17, 15) is 9.18 Å². The first-order valence-corrected chi connectivity index (χ1v) is 10.1. The second-order valence-electron chi connectivity index (χ2n) is 7.95. The summed E-state index contributed by atoms with van der Waals surface area (Å²) in [6.07, 6.45) is 0.630. The van der Waals surface area contributed by atoms with E-state index in [1.807, 2.05) is 12.1 Å².